The number of unbranched alkanes of at least 4 members (excludes halogenated alkanes) is 1. The Balaban J connectivity index is 0. The molecule has 0 saturated heterocycles. The molecule has 0 radical (unpaired) electrons. The van der Waals surface area contributed by atoms with Gasteiger partial charge in [0.15, 0.2) is 0 Å². The first-order valence-corrected chi connectivity index (χ1v) is 6.34. The van der Waals surface area contributed by atoms with Crippen molar-refractivity contribution in [2.45, 2.75) is 73.6 Å². The van der Waals surface area contributed by atoms with Gasteiger partial charge in [-0.3, -0.25) is 0 Å². The minimum Gasteiger partial charge on any atom is -0.0683 e. The van der Waals surface area contributed by atoms with Crippen molar-refractivity contribution in [2.75, 3.05) is 0 Å². The van der Waals surface area contributed by atoms with Crippen LogP contribution in [0.15, 0.2) is 0 Å². The van der Waals surface area contributed by atoms with Gasteiger partial charge in [-0.25, -0.2) is 0 Å². The molecular weight excluding hydrogens is 156 g/mol. The van der Waals surface area contributed by atoms with E-state index in [2.05, 4.69) is 13.8 Å². The molecule has 0 aromatic carbocycles. The van der Waals surface area contributed by atoms with Gasteiger partial charge in [-0.2, -0.15) is 0 Å². The van der Waals surface area contributed by atoms with Crippen LogP contribution in [-0.4, -0.2) is 0 Å². The molecule has 82 valence electrons. The van der Waals surface area contributed by atoms with Gasteiger partial charge in [0, 0.05) is 0 Å². The van der Waals surface area contributed by atoms with Crippen LogP contribution in [0.2, 0.25) is 0 Å². The molecule has 1 rings (SSSR count). The Hall–Kier alpha value is 0. The second-order valence-corrected chi connectivity index (χ2v) is 3.46. The van der Waals surface area contributed by atoms with Gasteiger partial charge in [-0.05, 0) is 18.3 Å². The molecule has 0 heterocycles. The minimum absolute atomic E-state index is 1.05. The summed E-state index contributed by atoms with van der Waals surface area (Å²) in [6.07, 6.45) is 7.34. The van der Waals surface area contributed by atoms with Crippen LogP contribution in [0.25, 0.3) is 0 Å². The first-order chi connectivity index (χ1) is 6.34. The maximum absolute atomic E-state index is 2.39. The third-order valence-corrected chi connectivity index (χ3v) is 2.73. The highest BCUT2D eigenvalue weighted by atomic mass is 14.3. The molecule has 1 aliphatic rings. The fraction of sp³-hybridized carbons (Fsp3) is 1.00. The summed E-state index contributed by atoms with van der Waals surface area (Å²) in [6.45, 7) is 12.7. The van der Waals surface area contributed by atoms with E-state index < -0.39 is 0 Å². The van der Waals surface area contributed by atoms with Gasteiger partial charge < -0.3 is 0 Å². The van der Waals surface area contributed by atoms with Crippen molar-refractivity contribution in [3.63, 3.8) is 0 Å². The third kappa shape index (κ3) is 7.10. The summed E-state index contributed by atoms with van der Waals surface area (Å²) in [5, 5.41) is 0. The van der Waals surface area contributed by atoms with Crippen LogP contribution in [0, 0.1) is 11.8 Å². The van der Waals surface area contributed by atoms with Gasteiger partial charge in [-0.1, -0.05) is 67.2 Å². The summed E-state index contributed by atoms with van der Waals surface area (Å²) < 4.78 is 0. The molecule has 0 aromatic heterocycles. The van der Waals surface area contributed by atoms with E-state index in [4.69, 9.17) is 0 Å². The van der Waals surface area contributed by atoms with Crippen LogP contribution in [0.4, 0.5) is 0 Å². The van der Waals surface area contributed by atoms with E-state index in [-0.39, 0.29) is 0 Å². The number of rotatable bonds is 3. The molecule has 0 aliphatic heterocycles. The maximum atomic E-state index is 2.39. The van der Waals surface area contributed by atoms with Crippen LogP contribution in [-0.2, 0) is 0 Å². The number of hydrogen-bond donors (Lipinski definition) is 0. The van der Waals surface area contributed by atoms with Crippen LogP contribution in [0.3, 0.4) is 0 Å². The van der Waals surface area contributed by atoms with Gasteiger partial charge in [0.25, 0.3) is 0 Å². The lowest BCUT2D eigenvalue weighted by Crippen LogP contribution is -2.22. The fourth-order valence-electron chi connectivity index (χ4n) is 1.63. The summed E-state index contributed by atoms with van der Waals surface area (Å²) in [6, 6.07) is 0. The average molecular weight is 186 g/mol. The summed E-state index contributed by atoms with van der Waals surface area (Å²) in [5.74, 6) is 2.15. The van der Waals surface area contributed by atoms with Crippen LogP contribution in [0.5, 0.6) is 0 Å². The molecule has 0 nitrogen and oxygen atoms in total. The molecule has 1 fully saturated rings. The predicted molar refractivity (Wildman–Crippen MR) is 64.1 cm³/mol. The highest BCUT2D eigenvalue weighted by Crippen LogP contribution is 2.36. The molecule has 0 spiro atoms. The SMILES string of the molecule is CC.CC.CCCCC1CCC1C. The van der Waals surface area contributed by atoms with Crippen molar-refractivity contribution >= 4 is 0 Å². The minimum atomic E-state index is 1.05. The molecule has 2 unspecified atom stereocenters. The maximum Gasteiger partial charge on any atom is -0.0388 e. The molecule has 0 aromatic rings. The number of hydrogen-bond acceptors (Lipinski definition) is 0. The van der Waals surface area contributed by atoms with Gasteiger partial charge in [0.1, 0.15) is 0 Å². The molecule has 0 amide bonds. The van der Waals surface area contributed by atoms with Gasteiger partial charge in [0.05, 0.1) is 0 Å². The summed E-state index contributed by atoms with van der Waals surface area (Å²) >= 11 is 0. The van der Waals surface area contributed by atoms with E-state index in [1.165, 1.54) is 32.1 Å². The first kappa shape index (κ1) is 15.5. The Morgan fingerprint density at radius 2 is 1.54 bits per heavy atom. The van der Waals surface area contributed by atoms with Crippen LogP contribution >= 0.6 is 0 Å². The Morgan fingerprint density at radius 1 is 1.00 bits per heavy atom. The molecule has 1 aliphatic carbocycles. The van der Waals surface area contributed by atoms with Crippen LogP contribution in [0.1, 0.15) is 73.6 Å². The fourth-order valence-corrected chi connectivity index (χ4v) is 1.63. The zero-order valence-corrected chi connectivity index (χ0v) is 10.7. The molecule has 1 saturated carbocycles. The molecule has 0 heteroatoms. The summed E-state index contributed by atoms with van der Waals surface area (Å²) in [5.41, 5.74) is 0. The Morgan fingerprint density at radius 3 is 1.77 bits per heavy atom. The topological polar surface area (TPSA) is 0 Å². The van der Waals surface area contributed by atoms with Crippen LogP contribution < -0.4 is 0 Å². The van der Waals surface area contributed by atoms with Crippen molar-refractivity contribution < 1.29 is 0 Å². The highest BCUT2D eigenvalue weighted by Gasteiger charge is 2.25. The lowest BCUT2D eigenvalue weighted by molar-refractivity contribution is 0.180. The van der Waals surface area contributed by atoms with Crippen molar-refractivity contribution in [1.82, 2.24) is 0 Å². The van der Waals surface area contributed by atoms with E-state index in [1.54, 1.807) is 0 Å². The molecule has 0 bridgehead atoms. The quantitative estimate of drug-likeness (QED) is 0.563. The largest absolute Gasteiger partial charge is 0.0683 e. The lowest BCUT2D eigenvalue weighted by Gasteiger charge is -2.33. The van der Waals surface area contributed by atoms with E-state index in [0.717, 1.165) is 11.8 Å². The molecule has 13 heavy (non-hydrogen) atoms. The van der Waals surface area contributed by atoms with Crippen molar-refractivity contribution in [3.8, 4) is 0 Å². The Bertz CT molecular complexity index is 76.1. The lowest BCUT2D eigenvalue weighted by atomic mass is 9.72. The van der Waals surface area contributed by atoms with Crippen molar-refractivity contribution in [3.05, 3.63) is 0 Å². The zero-order chi connectivity index (χ0) is 10.7. The smallest absolute Gasteiger partial charge is 0.0388 e. The molecule has 0 N–H and O–H groups in total. The Kier molecular flexibility index (Phi) is 14.3. The third-order valence-electron chi connectivity index (χ3n) is 2.73. The van der Waals surface area contributed by atoms with Gasteiger partial charge in [-0.15, -0.1) is 0 Å². The second-order valence-electron chi connectivity index (χ2n) is 3.46. The van der Waals surface area contributed by atoms with E-state index in [0.29, 0.717) is 0 Å². The predicted octanol–water partition coefficient (Wildman–Crippen LogP) is 5.28. The van der Waals surface area contributed by atoms with Gasteiger partial charge in [0.2, 0.25) is 0 Å². The molecule has 2 atom stereocenters. The average Bonchev–Trinajstić information content (AvgIpc) is 2.22. The second kappa shape index (κ2) is 12.0. The van der Waals surface area contributed by atoms with Crippen molar-refractivity contribution in [1.29, 1.82) is 0 Å². The first-order valence-electron chi connectivity index (χ1n) is 6.34. The normalized spacial score (nSPS) is 24.5. The molecular formula is C13H30. The van der Waals surface area contributed by atoms with Gasteiger partial charge >= 0.3 is 0 Å². The zero-order valence-electron chi connectivity index (χ0n) is 10.7. The highest BCUT2D eigenvalue weighted by molar-refractivity contribution is 4.76. The summed E-state index contributed by atoms with van der Waals surface area (Å²) in [7, 11) is 0. The van der Waals surface area contributed by atoms with E-state index in [1.807, 2.05) is 27.7 Å². The summed E-state index contributed by atoms with van der Waals surface area (Å²) in [4.78, 5) is 0. The van der Waals surface area contributed by atoms with E-state index in [9.17, 15) is 0 Å². The standard InChI is InChI=1S/C9H18.2C2H6/c1-3-4-5-9-7-6-8(9)2;2*1-2/h8-9H,3-7H2,1-2H3;2*1-2H3. The van der Waals surface area contributed by atoms with Crippen molar-refractivity contribution in [2.24, 2.45) is 11.8 Å². The monoisotopic (exact) mass is 186 g/mol. The Labute approximate surface area is 86.1 Å². The van der Waals surface area contributed by atoms with E-state index >= 15 is 0 Å².